The van der Waals surface area contributed by atoms with Crippen molar-refractivity contribution in [2.24, 2.45) is 0 Å². The Bertz CT molecular complexity index is 806. The zero-order valence-corrected chi connectivity index (χ0v) is 12.4. The maximum atomic E-state index is 12.3. The Morgan fingerprint density at radius 1 is 1.33 bits per heavy atom. The molecule has 0 saturated carbocycles. The number of hydrogen-bond acceptors (Lipinski definition) is 4. The largest absolute Gasteiger partial charge is 0.478 e. The number of aromatic nitrogens is 1. The summed E-state index contributed by atoms with van der Waals surface area (Å²) in [6.07, 6.45) is 1.21. The summed E-state index contributed by atoms with van der Waals surface area (Å²) in [6.45, 7) is 1.58. The van der Waals surface area contributed by atoms with Gasteiger partial charge in [-0.2, -0.15) is 0 Å². The molecule has 0 aliphatic heterocycles. The van der Waals surface area contributed by atoms with Crippen LogP contribution in [-0.4, -0.2) is 24.5 Å². The molecule has 1 heterocycles. The van der Waals surface area contributed by atoms with Crippen molar-refractivity contribution >= 4 is 33.4 Å². The zero-order valence-electron chi connectivity index (χ0n) is 10.9. The zero-order chi connectivity index (χ0) is 15.6. The molecule has 0 spiro atoms. The predicted molar refractivity (Wildman–Crippen MR) is 78.2 cm³/mol. The molecule has 1 aromatic carbocycles. The molecule has 8 heteroatoms. The minimum absolute atomic E-state index is 0.0116. The van der Waals surface area contributed by atoms with Crippen molar-refractivity contribution in [3.05, 3.63) is 52.7 Å². The SMILES string of the molecule is Cc1c(Cl)cccc1S(=O)(=O)Nc1cc(C(=O)O)ccn1. The summed E-state index contributed by atoms with van der Waals surface area (Å²) in [5, 5.41) is 9.21. The molecular weight excluding hydrogens is 316 g/mol. The van der Waals surface area contributed by atoms with E-state index >= 15 is 0 Å². The average molecular weight is 327 g/mol. The van der Waals surface area contributed by atoms with E-state index in [1.807, 2.05) is 0 Å². The lowest BCUT2D eigenvalue weighted by Gasteiger charge is -2.10. The number of aromatic carboxylic acids is 1. The Labute approximate surface area is 126 Å². The molecule has 0 unspecified atom stereocenters. The van der Waals surface area contributed by atoms with E-state index in [1.165, 1.54) is 24.4 Å². The van der Waals surface area contributed by atoms with Gasteiger partial charge >= 0.3 is 5.97 Å². The first-order valence-corrected chi connectivity index (χ1v) is 7.64. The number of benzene rings is 1. The molecule has 0 amide bonds. The van der Waals surface area contributed by atoms with Crippen LogP contribution in [0.4, 0.5) is 5.82 Å². The number of halogens is 1. The summed E-state index contributed by atoms with van der Waals surface area (Å²) in [4.78, 5) is 14.7. The lowest BCUT2D eigenvalue weighted by Crippen LogP contribution is -2.15. The highest BCUT2D eigenvalue weighted by Crippen LogP contribution is 2.24. The molecule has 0 atom stereocenters. The standard InChI is InChI=1S/C13H11ClN2O4S/c1-8-10(14)3-2-4-11(8)21(19,20)16-12-7-9(13(17)18)5-6-15-12/h2-7H,1H3,(H,15,16)(H,17,18). The first kappa shape index (κ1) is 15.3. The van der Waals surface area contributed by atoms with Crippen molar-refractivity contribution in [1.82, 2.24) is 4.98 Å². The van der Waals surface area contributed by atoms with Gasteiger partial charge in [-0.3, -0.25) is 4.72 Å². The molecule has 0 aliphatic rings. The quantitative estimate of drug-likeness (QED) is 0.900. The van der Waals surface area contributed by atoms with Gasteiger partial charge in [-0.1, -0.05) is 17.7 Å². The summed E-state index contributed by atoms with van der Waals surface area (Å²) < 4.78 is 26.8. The van der Waals surface area contributed by atoms with Gasteiger partial charge in [-0.05, 0) is 36.8 Å². The highest BCUT2D eigenvalue weighted by atomic mass is 35.5. The van der Waals surface area contributed by atoms with Gasteiger partial charge in [-0.25, -0.2) is 18.2 Å². The summed E-state index contributed by atoms with van der Waals surface area (Å²) in [7, 11) is -3.90. The van der Waals surface area contributed by atoms with Crippen LogP contribution in [0.3, 0.4) is 0 Å². The van der Waals surface area contributed by atoms with Gasteiger partial charge in [0, 0.05) is 11.2 Å². The Hall–Kier alpha value is -2.12. The molecule has 0 radical (unpaired) electrons. The molecule has 2 aromatic rings. The predicted octanol–water partition coefficient (Wildman–Crippen LogP) is 2.54. The number of carbonyl (C=O) groups is 1. The van der Waals surface area contributed by atoms with E-state index in [-0.39, 0.29) is 16.3 Å². The molecule has 110 valence electrons. The van der Waals surface area contributed by atoms with Crippen molar-refractivity contribution < 1.29 is 18.3 Å². The molecule has 0 bridgehead atoms. The van der Waals surface area contributed by atoms with Crippen LogP contribution < -0.4 is 4.72 Å². The normalized spacial score (nSPS) is 11.1. The second-order valence-electron chi connectivity index (χ2n) is 4.20. The monoisotopic (exact) mass is 326 g/mol. The Morgan fingerprint density at radius 2 is 2.05 bits per heavy atom. The van der Waals surface area contributed by atoms with E-state index < -0.39 is 16.0 Å². The Morgan fingerprint density at radius 3 is 2.71 bits per heavy atom. The number of pyridine rings is 1. The molecular formula is C13H11ClN2O4S. The van der Waals surface area contributed by atoms with E-state index in [9.17, 15) is 13.2 Å². The number of hydrogen-bond donors (Lipinski definition) is 2. The molecule has 0 saturated heterocycles. The molecule has 6 nitrogen and oxygen atoms in total. The van der Waals surface area contributed by atoms with Gasteiger partial charge in [-0.15, -0.1) is 0 Å². The van der Waals surface area contributed by atoms with Crippen LogP contribution in [0.15, 0.2) is 41.4 Å². The van der Waals surface area contributed by atoms with Gasteiger partial charge in [0.2, 0.25) is 0 Å². The van der Waals surface area contributed by atoms with Gasteiger partial charge in [0.05, 0.1) is 10.5 Å². The van der Waals surface area contributed by atoms with Crippen LogP contribution in [0, 0.1) is 6.92 Å². The topological polar surface area (TPSA) is 96.4 Å². The maximum absolute atomic E-state index is 12.3. The summed E-state index contributed by atoms with van der Waals surface area (Å²) in [6, 6.07) is 6.92. The minimum Gasteiger partial charge on any atom is -0.478 e. The summed E-state index contributed by atoms with van der Waals surface area (Å²) >= 11 is 5.90. The van der Waals surface area contributed by atoms with Crippen molar-refractivity contribution in [1.29, 1.82) is 0 Å². The number of sulfonamides is 1. The number of carboxylic acids is 1. The van der Waals surface area contributed by atoms with Crippen molar-refractivity contribution in [2.75, 3.05) is 4.72 Å². The van der Waals surface area contributed by atoms with Crippen LogP contribution in [0.5, 0.6) is 0 Å². The van der Waals surface area contributed by atoms with E-state index in [0.29, 0.717) is 10.6 Å². The van der Waals surface area contributed by atoms with Crippen molar-refractivity contribution in [3.8, 4) is 0 Å². The molecule has 2 N–H and O–H groups in total. The first-order chi connectivity index (χ1) is 9.81. The fourth-order valence-electron chi connectivity index (χ4n) is 1.69. The molecule has 21 heavy (non-hydrogen) atoms. The lowest BCUT2D eigenvalue weighted by molar-refractivity contribution is 0.0697. The highest BCUT2D eigenvalue weighted by Gasteiger charge is 2.19. The van der Waals surface area contributed by atoms with Crippen LogP contribution >= 0.6 is 11.6 Å². The maximum Gasteiger partial charge on any atom is 0.335 e. The van der Waals surface area contributed by atoms with E-state index in [0.717, 1.165) is 6.07 Å². The lowest BCUT2D eigenvalue weighted by atomic mass is 10.2. The second-order valence-corrected chi connectivity index (χ2v) is 6.26. The molecule has 0 fully saturated rings. The summed E-state index contributed by atoms with van der Waals surface area (Å²) in [5.41, 5.74) is 0.339. The third kappa shape index (κ3) is 3.32. The molecule has 2 rings (SSSR count). The first-order valence-electron chi connectivity index (χ1n) is 5.78. The number of nitrogens with one attached hydrogen (secondary N) is 1. The highest BCUT2D eigenvalue weighted by molar-refractivity contribution is 7.92. The average Bonchev–Trinajstić information content (AvgIpc) is 2.41. The van der Waals surface area contributed by atoms with E-state index in [4.69, 9.17) is 16.7 Å². The number of rotatable bonds is 4. The Balaban J connectivity index is 2.40. The second kappa shape index (κ2) is 5.71. The third-order valence-electron chi connectivity index (χ3n) is 2.75. The van der Waals surface area contributed by atoms with Crippen molar-refractivity contribution in [3.63, 3.8) is 0 Å². The van der Waals surface area contributed by atoms with E-state index in [1.54, 1.807) is 13.0 Å². The van der Waals surface area contributed by atoms with Crippen LogP contribution in [0.1, 0.15) is 15.9 Å². The summed E-state index contributed by atoms with van der Waals surface area (Å²) in [5.74, 6) is -1.24. The number of nitrogens with zero attached hydrogens (tertiary/aromatic N) is 1. The molecule has 0 aliphatic carbocycles. The van der Waals surface area contributed by atoms with Gasteiger partial charge < -0.3 is 5.11 Å². The van der Waals surface area contributed by atoms with E-state index in [2.05, 4.69) is 9.71 Å². The number of carboxylic acid groups (broad SMARTS) is 1. The fourth-order valence-corrected chi connectivity index (χ4v) is 3.19. The van der Waals surface area contributed by atoms with Crippen LogP contribution in [0.25, 0.3) is 0 Å². The smallest absolute Gasteiger partial charge is 0.335 e. The molecule has 1 aromatic heterocycles. The van der Waals surface area contributed by atoms with Crippen molar-refractivity contribution in [2.45, 2.75) is 11.8 Å². The number of anilines is 1. The third-order valence-corrected chi connectivity index (χ3v) is 4.66. The van der Waals surface area contributed by atoms with Gasteiger partial charge in [0.1, 0.15) is 5.82 Å². The van der Waals surface area contributed by atoms with Crippen LogP contribution in [0.2, 0.25) is 5.02 Å². The minimum atomic E-state index is -3.90. The van der Waals surface area contributed by atoms with Gasteiger partial charge in [0.25, 0.3) is 10.0 Å². The van der Waals surface area contributed by atoms with Crippen LogP contribution in [-0.2, 0) is 10.0 Å². The Kier molecular flexibility index (Phi) is 4.15. The fraction of sp³-hybridized carbons (Fsp3) is 0.0769. The van der Waals surface area contributed by atoms with Gasteiger partial charge in [0.15, 0.2) is 0 Å².